The summed E-state index contributed by atoms with van der Waals surface area (Å²) in [6, 6.07) is 9.77. The highest BCUT2D eigenvalue weighted by Gasteiger charge is 2.38. The van der Waals surface area contributed by atoms with E-state index in [2.05, 4.69) is 20.5 Å². The van der Waals surface area contributed by atoms with Gasteiger partial charge in [0.15, 0.2) is 11.5 Å². The Bertz CT molecular complexity index is 767. The molecule has 0 atom stereocenters. The van der Waals surface area contributed by atoms with Gasteiger partial charge in [-0.05, 0) is 43.9 Å². The average molecular weight is 364 g/mol. The zero-order valence-corrected chi connectivity index (χ0v) is 14.3. The van der Waals surface area contributed by atoms with E-state index in [0.29, 0.717) is 5.69 Å². The van der Waals surface area contributed by atoms with Crippen LogP contribution in [0.2, 0.25) is 0 Å². The van der Waals surface area contributed by atoms with E-state index < -0.39 is 11.9 Å². The second kappa shape index (κ2) is 8.43. The van der Waals surface area contributed by atoms with E-state index in [1.165, 1.54) is 18.3 Å². The highest BCUT2D eigenvalue weighted by molar-refractivity contribution is 6.07. The number of benzene rings is 1. The Morgan fingerprint density at radius 2 is 1.92 bits per heavy atom. The number of nitrogens with two attached hydrogens (primary N) is 1. The molecule has 1 aromatic carbocycles. The summed E-state index contributed by atoms with van der Waals surface area (Å²) in [6.07, 6.45) is -2.55. The summed E-state index contributed by atoms with van der Waals surface area (Å²) in [7, 11) is 3.86. The van der Waals surface area contributed by atoms with Crippen molar-refractivity contribution in [2.75, 3.05) is 19.4 Å². The van der Waals surface area contributed by atoms with Crippen molar-refractivity contribution in [3.05, 3.63) is 60.1 Å². The van der Waals surface area contributed by atoms with Gasteiger partial charge >= 0.3 is 6.18 Å². The summed E-state index contributed by atoms with van der Waals surface area (Å²) in [5.74, 6) is -0.165. The van der Waals surface area contributed by atoms with Crippen LogP contribution in [-0.2, 0) is 6.54 Å². The minimum absolute atomic E-state index is 0.165. The molecule has 0 aliphatic rings. The van der Waals surface area contributed by atoms with E-state index in [4.69, 9.17) is 5.73 Å². The van der Waals surface area contributed by atoms with Crippen molar-refractivity contribution in [2.24, 2.45) is 10.7 Å². The fraction of sp³-hybridized carbons (Fsp3) is 0.235. The molecule has 0 saturated heterocycles. The van der Waals surface area contributed by atoms with Gasteiger partial charge in [-0.1, -0.05) is 12.1 Å². The van der Waals surface area contributed by atoms with Gasteiger partial charge in [-0.15, -0.1) is 5.10 Å². The van der Waals surface area contributed by atoms with Gasteiger partial charge in [-0.25, -0.2) is 4.99 Å². The van der Waals surface area contributed by atoms with Crippen molar-refractivity contribution in [1.29, 1.82) is 0 Å². The van der Waals surface area contributed by atoms with Crippen LogP contribution >= 0.6 is 0 Å². The summed E-state index contributed by atoms with van der Waals surface area (Å²) in [5, 5.41) is 9.74. The van der Waals surface area contributed by atoms with Crippen molar-refractivity contribution >= 4 is 17.2 Å². The molecule has 0 aliphatic carbocycles. The largest absolute Gasteiger partial charge is 0.435 e. The number of allylic oxidation sites excluding steroid dienone is 1. The molecule has 0 aliphatic heterocycles. The molecule has 9 heteroatoms. The fourth-order valence-corrected chi connectivity index (χ4v) is 2.14. The maximum Gasteiger partial charge on any atom is 0.435 e. The first-order chi connectivity index (χ1) is 12.3. The van der Waals surface area contributed by atoms with Crippen molar-refractivity contribution in [3.63, 3.8) is 0 Å². The maximum absolute atomic E-state index is 13.4. The van der Waals surface area contributed by atoms with E-state index in [0.717, 1.165) is 18.3 Å². The van der Waals surface area contributed by atoms with Gasteiger partial charge in [-0.3, -0.25) is 0 Å². The molecule has 2 aromatic rings. The van der Waals surface area contributed by atoms with E-state index in [1.807, 2.05) is 31.1 Å². The lowest BCUT2D eigenvalue weighted by molar-refractivity contribution is -0.0581. The van der Waals surface area contributed by atoms with Crippen LogP contribution in [0.15, 0.2) is 59.5 Å². The molecule has 0 saturated carbocycles. The third kappa shape index (κ3) is 5.55. The Morgan fingerprint density at radius 1 is 1.23 bits per heavy atom. The van der Waals surface area contributed by atoms with Gasteiger partial charge in [0, 0.05) is 24.6 Å². The molecule has 1 aromatic heterocycles. The predicted octanol–water partition coefficient (Wildman–Crippen LogP) is 3.09. The number of hydrogen-bond donors (Lipinski definition) is 2. The smallest absolute Gasteiger partial charge is 0.403 e. The number of hydrogen-bond acceptors (Lipinski definition) is 6. The SMILES string of the molecule is CN(C)Cc1ccc(NC(=CN)C(=Nc2cccnn2)C(F)(F)F)cc1. The van der Waals surface area contributed by atoms with Crippen molar-refractivity contribution in [3.8, 4) is 0 Å². The van der Waals surface area contributed by atoms with Crippen LogP contribution < -0.4 is 11.1 Å². The molecule has 0 bridgehead atoms. The summed E-state index contributed by atoms with van der Waals surface area (Å²) in [5.41, 5.74) is 5.35. The second-order valence-corrected chi connectivity index (χ2v) is 5.68. The fourth-order valence-electron chi connectivity index (χ4n) is 2.14. The molecule has 6 nitrogen and oxygen atoms in total. The van der Waals surface area contributed by atoms with Crippen molar-refractivity contribution in [1.82, 2.24) is 15.1 Å². The Balaban J connectivity index is 2.28. The molecule has 2 rings (SSSR count). The van der Waals surface area contributed by atoms with E-state index >= 15 is 0 Å². The molecule has 0 unspecified atom stereocenters. The molecule has 138 valence electrons. The van der Waals surface area contributed by atoms with Gasteiger partial charge in [0.25, 0.3) is 0 Å². The third-order valence-electron chi connectivity index (χ3n) is 3.21. The third-order valence-corrected chi connectivity index (χ3v) is 3.21. The van der Waals surface area contributed by atoms with Crippen LogP contribution in [0.1, 0.15) is 5.56 Å². The summed E-state index contributed by atoms with van der Waals surface area (Å²) < 4.78 is 40.3. The number of nitrogens with zero attached hydrogens (tertiary/aromatic N) is 4. The normalized spacial score (nSPS) is 13.2. The Hall–Kier alpha value is -2.94. The highest BCUT2D eigenvalue weighted by Crippen LogP contribution is 2.26. The first-order valence-electron chi connectivity index (χ1n) is 7.66. The first kappa shape index (κ1) is 19.4. The van der Waals surface area contributed by atoms with Gasteiger partial charge in [0.2, 0.25) is 0 Å². The lowest BCUT2D eigenvalue weighted by Crippen LogP contribution is -2.29. The molecular formula is C17H19F3N6. The number of rotatable bonds is 6. The zero-order valence-electron chi connectivity index (χ0n) is 14.3. The maximum atomic E-state index is 13.4. The molecule has 26 heavy (non-hydrogen) atoms. The van der Waals surface area contributed by atoms with Crippen LogP contribution in [0, 0.1) is 0 Å². The Morgan fingerprint density at radius 3 is 2.42 bits per heavy atom. The number of aliphatic imine (C=N–C) groups is 1. The number of anilines is 1. The number of halogens is 3. The standard InChI is InChI=1S/C17H19F3N6/c1-26(2)11-12-5-7-13(8-6-12)23-14(10-21)16(17(18,19)20)24-15-4-3-9-22-25-15/h3-10,23H,11,21H2,1-2H3. The zero-order chi connectivity index (χ0) is 19.2. The minimum atomic E-state index is -4.72. The Kier molecular flexibility index (Phi) is 6.29. The first-order valence-corrected chi connectivity index (χ1v) is 7.66. The second-order valence-electron chi connectivity index (χ2n) is 5.68. The van der Waals surface area contributed by atoms with Gasteiger partial charge < -0.3 is 16.0 Å². The molecule has 0 amide bonds. The van der Waals surface area contributed by atoms with Crippen LogP contribution in [0.3, 0.4) is 0 Å². The molecule has 0 fully saturated rings. The summed E-state index contributed by atoms with van der Waals surface area (Å²) >= 11 is 0. The van der Waals surface area contributed by atoms with Crippen LogP contribution in [-0.4, -0.2) is 41.1 Å². The highest BCUT2D eigenvalue weighted by atomic mass is 19.4. The predicted molar refractivity (Wildman–Crippen MR) is 94.9 cm³/mol. The average Bonchev–Trinajstić information content (AvgIpc) is 2.59. The van der Waals surface area contributed by atoms with Crippen LogP contribution in [0.25, 0.3) is 0 Å². The molecule has 0 radical (unpaired) electrons. The lowest BCUT2D eigenvalue weighted by atomic mass is 10.2. The van der Waals surface area contributed by atoms with E-state index in [9.17, 15) is 13.2 Å². The minimum Gasteiger partial charge on any atom is -0.403 e. The summed E-state index contributed by atoms with van der Waals surface area (Å²) in [6.45, 7) is 0.724. The van der Waals surface area contributed by atoms with Crippen LogP contribution in [0.5, 0.6) is 0 Å². The van der Waals surface area contributed by atoms with E-state index in [-0.39, 0.29) is 11.5 Å². The molecule has 3 N–H and O–H groups in total. The monoisotopic (exact) mass is 364 g/mol. The van der Waals surface area contributed by atoms with Gasteiger partial charge in [0.05, 0.1) is 5.70 Å². The van der Waals surface area contributed by atoms with Gasteiger partial charge in [-0.2, -0.15) is 18.3 Å². The number of aromatic nitrogens is 2. The van der Waals surface area contributed by atoms with Crippen molar-refractivity contribution in [2.45, 2.75) is 12.7 Å². The summed E-state index contributed by atoms with van der Waals surface area (Å²) in [4.78, 5) is 5.54. The van der Waals surface area contributed by atoms with Gasteiger partial charge in [0.1, 0.15) is 0 Å². The molecular weight excluding hydrogens is 345 g/mol. The van der Waals surface area contributed by atoms with E-state index in [1.54, 1.807) is 12.1 Å². The molecule has 1 heterocycles. The Labute approximate surface area is 149 Å². The number of nitrogens with one attached hydrogen (secondary N) is 1. The van der Waals surface area contributed by atoms with Crippen LogP contribution in [0.4, 0.5) is 24.7 Å². The number of alkyl halides is 3. The quantitative estimate of drug-likeness (QED) is 0.770. The topological polar surface area (TPSA) is 79.4 Å². The lowest BCUT2D eigenvalue weighted by Gasteiger charge is -2.16. The van der Waals surface area contributed by atoms with Crippen molar-refractivity contribution < 1.29 is 13.2 Å². The molecule has 0 spiro atoms.